The summed E-state index contributed by atoms with van der Waals surface area (Å²) < 4.78 is 68.9. The third-order valence-electron chi connectivity index (χ3n) is 4.60. The number of thiazole rings is 1. The van der Waals surface area contributed by atoms with Crippen LogP contribution in [0.2, 0.25) is 0 Å². The smallest absolute Gasteiger partial charge is 0.265 e. The molecule has 3 aromatic rings. The molecule has 0 radical (unpaired) electrons. The number of sulfonamides is 1. The summed E-state index contributed by atoms with van der Waals surface area (Å²) in [6.07, 6.45) is -0.642. The molecule has 30 heavy (non-hydrogen) atoms. The molecule has 0 saturated carbocycles. The molecule has 0 spiro atoms. The minimum atomic E-state index is -4.14. The summed E-state index contributed by atoms with van der Waals surface area (Å²) in [5, 5.41) is 4.45. The summed E-state index contributed by atoms with van der Waals surface area (Å²) in [6, 6.07) is 7.55. The predicted octanol–water partition coefficient (Wildman–Crippen LogP) is 4.51. The van der Waals surface area contributed by atoms with Crippen LogP contribution in [-0.2, 0) is 10.0 Å². The fraction of sp³-hybridized carbons (Fsp3) is 0.211. The molecule has 11 heteroatoms. The first kappa shape index (κ1) is 20.5. The van der Waals surface area contributed by atoms with Gasteiger partial charge in [0.2, 0.25) is 0 Å². The minimum absolute atomic E-state index is 0.106. The van der Waals surface area contributed by atoms with E-state index in [0.717, 1.165) is 12.1 Å². The van der Waals surface area contributed by atoms with E-state index in [2.05, 4.69) is 15.0 Å². The van der Waals surface area contributed by atoms with E-state index in [1.165, 1.54) is 46.5 Å². The molecule has 1 saturated heterocycles. The number of nitrogens with zero attached hydrogens (tertiary/aromatic N) is 2. The second-order valence-corrected chi connectivity index (χ2v) is 9.11. The number of halogens is 3. The van der Waals surface area contributed by atoms with E-state index < -0.39 is 32.7 Å². The van der Waals surface area contributed by atoms with Gasteiger partial charge in [-0.05, 0) is 42.8 Å². The van der Waals surface area contributed by atoms with Gasteiger partial charge in [-0.25, -0.2) is 26.6 Å². The van der Waals surface area contributed by atoms with Gasteiger partial charge in [-0.1, -0.05) is 0 Å². The van der Waals surface area contributed by atoms with Crippen molar-refractivity contribution in [3.8, 4) is 0 Å². The first-order valence-electron chi connectivity index (χ1n) is 8.98. The Morgan fingerprint density at radius 2 is 2.00 bits per heavy atom. The molecule has 2 heterocycles. The number of alkyl halides is 1. The van der Waals surface area contributed by atoms with Crippen LogP contribution in [0, 0.1) is 11.6 Å². The summed E-state index contributed by atoms with van der Waals surface area (Å²) in [5.74, 6) is -1.33. The van der Waals surface area contributed by atoms with Gasteiger partial charge in [0.05, 0.1) is 16.9 Å². The van der Waals surface area contributed by atoms with E-state index in [1.807, 2.05) is 0 Å². The average Bonchev–Trinajstić information content (AvgIpc) is 3.34. The average molecular weight is 454 g/mol. The standard InChI is InChI=1S/C19H17F3N4O2S2/c20-12-1-3-16(17(7-12)26-6-5-13(21)9-26)24-14-2-4-18(15(22)8-14)30(27,28)25-19-10-29-11-23-19/h1-4,7-8,10-11,13,24-25H,5-6,9H2. The minimum Gasteiger partial charge on any atom is -0.367 e. The zero-order valence-corrected chi connectivity index (χ0v) is 17.1. The van der Waals surface area contributed by atoms with E-state index >= 15 is 0 Å². The molecule has 0 amide bonds. The SMILES string of the molecule is O=S(=O)(Nc1cscn1)c1ccc(Nc2ccc(F)cc2N2CCC(F)C2)cc1F. The molecule has 4 rings (SSSR count). The third kappa shape index (κ3) is 4.36. The number of rotatable bonds is 6. The number of hydrogen-bond acceptors (Lipinski definition) is 6. The van der Waals surface area contributed by atoms with Crippen molar-refractivity contribution in [2.24, 2.45) is 0 Å². The van der Waals surface area contributed by atoms with Gasteiger partial charge >= 0.3 is 0 Å². The third-order valence-corrected chi connectivity index (χ3v) is 6.58. The lowest BCUT2D eigenvalue weighted by Gasteiger charge is -2.22. The van der Waals surface area contributed by atoms with E-state index in [1.54, 1.807) is 4.90 Å². The highest BCUT2D eigenvalue weighted by Crippen LogP contribution is 2.33. The quantitative estimate of drug-likeness (QED) is 0.573. The summed E-state index contributed by atoms with van der Waals surface area (Å²) in [7, 11) is -4.14. The lowest BCUT2D eigenvalue weighted by Crippen LogP contribution is -2.21. The topological polar surface area (TPSA) is 74.3 Å². The van der Waals surface area contributed by atoms with Crippen LogP contribution in [0.3, 0.4) is 0 Å². The molecular formula is C19H17F3N4O2S2. The molecule has 1 atom stereocenters. The number of anilines is 4. The summed E-state index contributed by atoms with van der Waals surface area (Å²) in [6.45, 7) is 0.582. The van der Waals surface area contributed by atoms with Gasteiger partial charge in [-0.3, -0.25) is 4.72 Å². The zero-order chi connectivity index (χ0) is 21.3. The Kier molecular flexibility index (Phi) is 5.56. The summed E-state index contributed by atoms with van der Waals surface area (Å²) in [4.78, 5) is 5.01. The second kappa shape index (κ2) is 8.15. The van der Waals surface area contributed by atoms with Crippen molar-refractivity contribution in [3.63, 3.8) is 0 Å². The van der Waals surface area contributed by atoms with Gasteiger partial charge in [0.1, 0.15) is 22.7 Å². The lowest BCUT2D eigenvalue weighted by atomic mass is 10.2. The molecule has 2 aromatic carbocycles. The van der Waals surface area contributed by atoms with Crippen molar-refractivity contribution >= 4 is 44.2 Å². The van der Waals surface area contributed by atoms with Gasteiger partial charge in [0, 0.05) is 24.2 Å². The Labute approximate surface area is 175 Å². The number of aromatic nitrogens is 1. The first-order chi connectivity index (χ1) is 14.3. The fourth-order valence-electron chi connectivity index (χ4n) is 3.22. The van der Waals surface area contributed by atoms with Crippen LogP contribution in [-0.4, -0.2) is 32.7 Å². The molecular weight excluding hydrogens is 437 g/mol. The Hall–Kier alpha value is -2.79. The van der Waals surface area contributed by atoms with Gasteiger partial charge in [-0.15, -0.1) is 11.3 Å². The van der Waals surface area contributed by atoms with Crippen molar-refractivity contribution < 1.29 is 21.6 Å². The Bertz CT molecular complexity index is 1160. The van der Waals surface area contributed by atoms with Crippen LogP contribution in [0.1, 0.15) is 6.42 Å². The largest absolute Gasteiger partial charge is 0.367 e. The van der Waals surface area contributed by atoms with Gasteiger partial charge in [0.15, 0.2) is 5.82 Å². The van der Waals surface area contributed by atoms with Gasteiger partial charge < -0.3 is 10.2 Å². The molecule has 1 fully saturated rings. The number of hydrogen-bond donors (Lipinski definition) is 2. The van der Waals surface area contributed by atoms with Crippen molar-refractivity contribution in [2.45, 2.75) is 17.5 Å². The highest BCUT2D eigenvalue weighted by molar-refractivity contribution is 7.92. The molecule has 0 bridgehead atoms. The van der Waals surface area contributed by atoms with Crippen LogP contribution in [0.15, 0.2) is 52.2 Å². The first-order valence-corrected chi connectivity index (χ1v) is 11.4. The summed E-state index contributed by atoms with van der Waals surface area (Å²) >= 11 is 1.20. The zero-order valence-electron chi connectivity index (χ0n) is 15.5. The van der Waals surface area contributed by atoms with Crippen molar-refractivity contribution in [2.75, 3.05) is 28.0 Å². The summed E-state index contributed by atoms with van der Waals surface area (Å²) in [5.41, 5.74) is 2.63. The maximum absolute atomic E-state index is 14.6. The normalized spacial score (nSPS) is 16.6. The van der Waals surface area contributed by atoms with Gasteiger partial charge in [-0.2, -0.15) is 0 Å². The number of benzene rings is 2. The van der Waals surface area contributed by atoms with Crippen molar-refractivity contribution in [3.05, 3.63) is 58.9 Å². The second-order valence-electron chi connectivity index (χ2n) is 6.74. The Balaban J connectivity index is 1.59. The monoisotopic (exact) mass is 454 g/mol. The van der Waals surface area contributed by atoms with E-state index in [0.29, 0.717) is 24.3 Å². The van der Waals surface area contributed by atoms with Crippen LogP contribution < -0.4 is 14.9 Å². The molecule has 6 nitrogen and oxygen atoms in total. The molecule has 0 aliphatic carbocycles. The molecule has 2 N–H and O–H groups in total. The maximum atomic E-state index is 14.6. The predicted molar refractivity (Wildman–Crippen MR) is 111 cm³/mol. The van der Waals surface area contributed by atoms with Crippen molar-refractivity contribution in [1.82, 2.24) is 4.98 Å². The maximum Gasteiger partial charge on any atom is 0.265 e. The number of nitrogens with one attached hydrogen (secondary N) is 2. The molecule has 158 valence electrons. The molecule has 1 unspecified atom stereocenters. The van der Waals surface area contributed by atoms with Crippen molar-refractivity contribution in [1.29, 1.82) is 0 Å². The lowest BCUT2D eigenvalue weighted by molar-refractivity contribution is 0.364. The van der Waals surface area contributed by atoms with E-state index in [4.69, 9.17) is 0 Å². The van der Waals surface area contributed by atoms with E-state index in [-0.39, 0.29) is 18.1 Å². The van der Waals surface area contributed by atoms with Crippen LogP contribution in [0.5, 0.6) is 0 Å². The van der Waals surface area contributed by atoms with Crippen LogP contribution in [0.25, 0.3) is 0 Å². The molecule has 1 aliphatic rings. The van der Waals surface area contributed by atoms with Crippen LogP contribution >= 0.6 is 11.3 Å². The highest BCUT2D eigenvalue weighted by atomic mass is 32.2. The Morgan fingerprint density at radius 3 is 2.67 bits per heavy atom. The van der Waals surface area contributed by atoms with Crippen LogP contribution in [0.4, 0.5) is 36.1 Å². The van der Waals surface area contributed by atoms with Gasteiger partial charge in [0.25, 0.3) is 10.0 Å². The Morgan fingerprint density at radius 1 is 1.17 bits per heavy atom. The molecule has 1 aromatic heterocycles. The fourth-order valence-corrected chi connectivity index (χ4v) is 4.83. The van der Waals surface area contributed by atoms with E-state index in [9.17, 15) is 21.6 Å². The highest BCUT2D eigenvalue weighted by Gasteiger charge is 2.25. The molecule has 1 aliphatic heterocycles.